The zero-order chi connectivity index (χ0) is 15.2. The fraction of sp³-hybridized carbons (Fsp3) is 0.333. The Hall–Kier alpha value is -2.02. The topological polar surface area (TPSA) is 3.24 Å². The smallest absolute Gasteiger partial charge is 0.0426 e. The summed E-state index contributed by atoms with van der Waals surface area (Å²) >= 11 is 0. The van der Waals surface area contributed by atoms with Crippen LogP contribution in [-0.4, -0.2) is 11.9 Å². The van der Waals surface area contributed by atoms with Crippen molar-refractivity contribution in [2.45, 2.75) is 38.6 Å². The Morgan fingerprint density at radius 3 is 2.77 bits per heavy atom. The van der Waals surface area contributed by atoms with Crippen LogP contribution < -0.4 is 0 Å². The molecule has 0 spiro atoms. The van der Waals surface area contributed by atoms with Gasteiger partial charge >= 0.3 is 0 Å². The average Bonchev–Trinajstić information content (AvgIpc) is 2.56. The van der Waals surface area contributed by atoms with Gasteiger partial charge in [-0.2, -0.15) is 0 Å². The standard InChI is InChI=1S/C21H25N/c1-22(16-8-11-18-9-3-2-4-10-18)17-20-14-7-13-19-12-5-6-15-21(19)20/h5-9,12-16H,2-4,10-11,17H2,1H3/b16-8-. The van der Waals surface area contributed by atoms with Crippen LogP contribution in [0.2, 0.25) is 0 Å². The predicted molar refractivity (Wildman–Crippen MR) is 95.7 cm³/mol. The minimum Gasteiger partial charge on any atom is -0.376 e. The Balaban J connectivity index is 1.63. The number of rotatable bonds is 5. The first kappa shape index (κ1) is 14.9. The fourth-order valence-corrected chi connectivity index (χ4v) is 3.23. The average molecular weight is 291 g/mol. The first-order valence-corrected chi connectivity index (χ1v) is 8.34. The van der Waals surface area contributed by atoms with Gasteiger partial charge in [-0.3, -0.25) is 0 Å². The molecule has 2 aromatic carbocycles. The van der Waals surface area contributed by atoms with E-state index >= 15 is 0 Å². The largest absolute Gasteiger partial charge is 0.376 e. The molecule has 0 fully saturated rings. The molecule has 0 saturated heterocycles. The second kappa shape index (κ2) is 7.31. The third-order valence-corrected chi connectivity index (χ3v) is 4.42. The van der Waals surface area contributed by atoms with Gasteiger partial charge in [-0.1, -0.05) is 60.2 Å². The lowest BCUT2D eigenvalue weighted by atomic mass is 9.97. The first-order chi connectivity index (χ1) is 10.8. The molecule has 1 aliphatic carbocycles. The van der Waals surface area contributed by atoms with Crippen molar-refractivity contribution < 1.29 is 0 Å². The number of hydrogen-bond donors (Lipinski definition) is 0. The van der Waals surface area contributed by atoms with E-state index in [0.717, 1.165) is 13.0 Å². The fourth-order valence-electron chi connectivity index (χ4n) is 3.23. The van der Waals surface area contributed by atoms with Crippen molar-refractivity contribution in [3.05, 3.63) is 72.0 Å². The molecule has 3 rings (SSSR count). The van der Waals surface area contributed by atoms with Crippen molar-refractivity contribution in [2.24, 2.45) is 0 Å². The number of hydrogen-bond acceptors (Lipinski definition) is 1. The molecule has 22 heavy (non-hydrogen) atoms. The Morgan fingerprint density at radius 2 is 1.91 bits per heavy atom. The van der Waals surface area contributed by atoms with E-state index in [1.165, 1.54) is 42.0 Å². The van der Waals surface area contributed by atoms with Gasteiger partial charge in [-0.15, -0.1) is 0 Å². The van der Waals surface area contributed by atoms with E-state index in [-0.39, 0.29) is 0 Å². The van der Waals surface area contributed by atoms with Crippen molar-refractivity contribution in [2.75, 3.05) is 7.05 Å². The second-order valence-electron chi connectivity index (χ2n) is 6.25. The van der Waals surface area contributed by atoms with Gasteiger partial charge in [0, 0.05) is 13.6 Å². The summed E-state index contributed by atoms with van der Waals surface area (Å²) in [5.41, 5.74) is 3.00. The first-order valence-electron chi connectivity index (χ1n) is 8.34. The highest BCUT2D eigenvalue weighted by molar-refractivity contribution is 5.85. The number of benzene rings is 2. The minimum atomic E-state index is 0.955. The summed E-state index contributed by atoms with van der Waals surface area (Å²) in [6, 6.07) is 15.2. The molecular formula is C21H25N. The summed E-state index contributed by atoms with van der Waals surface area (Å²) in [7, 11) is 2.16. The third-order valence-electron chi connectivity index (χ3n) is 4.42. The van der Waals surface area contributed by atoms with Crippen LogP contribution in [0.3, 0.4) is 0 Å². The molecule has 1 nitrogen and oxygen atoms in total. The number of fused-ring (bicyclic) bond motifs is 1. The zero-order valence-electron chi connectivity index (χ0n) is 13.5. The van der Waals surface area contributed by atoms with Gasteiger partial charge in [0.25, 0.3) is 0 Å². The highest BCUT2D eigenvalue weighted by atomic mass is 15.1. The Morgan fingerprint density at radius 1 is 1.05 bits per heavy atom. The van der Waals surface area contributed by atoms with Gasteiger partial charge in [-0.05, 0) is 54.6 Å². The molecule has 0 unspecified atom stereocenters. The maximum Gasteiger partial charge on any atom is 0.0426 e. The van der Waals surface area contributed by atoms with Gasteiger partial charge in [-0.25, -0.2) is 0 Å². The van der Waals surface area contributed by atoms with E-state index in [9.17, 15) is 0 Å². The summed E-state index contributed by atoms with van der Waals surface area (Å²) in [4.78, 5) is 2.28. The van der Waals surface area contributed by atoms with E-state index < -0.39 is 0 Å². The third kappa shape index (κ3) is 3.79. The van der Waals surface area contributed by atoms with Crippen molar-refractivity contribution in [3.63, 3.8) is 0 Å². The lowest BCUT2D eigenvalue weighted by Gasteiger charge is -2.16. The molecule has 2 aromatic rings. The quantitative estimate of drug-likeness (QED) is 0.641. The molecule has 0 aliphatic heterocycles. The van der Waals surface area contributed by atoms with Crippen LogP contribution in [0.15, 0.2) is 66.4 Å². The lowest BCUT2D eigenvalue weighted by molar-refractivity contribution is 0.451. The van der Waals surface area contributed by atoms with Crippen LogP contribution in [0.25, 0.3) is 10.8 Å². The second-order valence-corrected chi connectivity index (χ2v) is 6.25. The highest BCUT2D eigenvalue weighted by Gasteiger charge is 2.03. The van der Waals surface area contributed by atoms with E-state index in [4.69, 9.17) is 0 Å². The molecule has 0 saturated carbocycles. The molecule has 0 amide bonds. The van der Waals surface area contributed by atoms with Gasteiger partial charge in [0.2, 0.25) is 0 Å². The van der Waals surface area contributed by atoms with Gasteiger partial charge in [0.15, 0.2) is 0 Å². The molecule has 0 aromatic heterocycles. The summed E-state index contributed by atoms with van der Waals surface area (Å²) < 4.78 is 0. The van der Waals surface area contributed by atoms with Crippen LogP contribution in [0, 0.1) is 0 Å². The summed E-state index contributed by atoms with van der Waals surface area (Å²) in [6.45, 7) is 0.955. The summed E-state index contributed by atoms with van der Waals surface area (Å²) in [5, 5.41) is 2.69. The molecule has 0 bridgehead atoms. The van der Waals surface area contributed by atoms with E-state index in [2.05, 4.69) is 72.8 Å². The summed E-state index contributed by atoms with van der Waals surface area (Å²) in [6.07, 6.45) is 13.4. The molecule has 1 aliphatic rings. The minimum absolute atomic E-state index is 0.955. The zero-order valence-corrected chi connectivity index (χ0v) is 13.5. The van der Waals surface area contributed by atoms with Crippen LogP contribution >= 0.6 is 0 Å². The molecule has 1 heteroatoms. The van der Waals surface area contributed by atoms with E-state index in [0.29, 0.717) is 0 Å². The van der Waals surface area contributed by atoms with Crippen LogP contribution in [0.5, 0.6) is 0 Å². The molecular weight excluding hydrogens is 266 g/mol. The number of allylic oxidation sites excluding steroid dienone is 3. The molecule has 0 N–H and O–H groups in total. The van der Waals surface area contributed by atoms with E-state index in [1.807, 2.05) is 0 Å². The SMILES string of the molecule is CN(/C=C\CC1=CCCCC1)Cc1cccc2ccccc12. The Labute approximate surface area is 134 Å². The Kier molecular flexibility index (Phi) is 4.95. The monoisotopic (exact) mass is 291 g/mol. The van der Waals surface area contributed by atoms with Crippen LogP contribution in [0.1, 0.15) is 37.7 Å². The molecule has 0 radical (unpaired) electrons. The molecule has 0 heterocycles. The van der Waals surface area contributed by atoms with Gasteiger partial charge in [0.1, 0.15) is 0 Å². The van der Waals surface area contributed by atoms with Crippen LogP contribution in [0.4, 0.5) is 0 Å². The molecule has 114 valence electrons. The molecule has 0 atom stereocenters. The number of nitrogens with zero attached hydrogens (tertiary/aromatic N) is 1. The van der Waals surface area contributed by atoms with Crippen molar-refractivity contribution in [1.29, 1.82) is 0 Å². The van der Waals surface area contributed by atoms with Crippen molar-refractivity contribution in [3.8, 4) is 0 Å². The van der Waals surface area contributed by atoms with Crippen LogP contribution in [-0.2, 0) is 6.54 Å². The Bertz CT molecular complexity index is 676. The highest BCUT2D eigenvalue weighted by Crippen LogP contribution is 2.21. The predicted octanol–water partition coefficient (Wildman–Crippen LogP) is 5.68. The van der Waals surface area contributed by atoms with E-state index in [1.54, 1.807) is 5.57 Å². The maximum atomic E-state index is 2.43. The maximum absolute atomic E-state index is 2.43. The van der Waals surface area contributed by atoms with Crippen molar-refractivity contribution in [1.82, 2.24) is 4.90 Å². The lowest BCUT2D eigenvalue weighted by Crippen LogP contribution is -2.10. The van der Waals surface area contributed by atoms with Crippen molar-refractivity contribution >= 4 is 10.8 Å². The van der Waals surface area contributed by atoms with Gasteiger partial charge < -0.3 is 4.90 Å². The summed E-state index contributed by atoms with van der Waals surface area (Å²) in [5.74, 6) is 0. The van der Waals surface area contributed by atoms with Gasteiger partial charge in [0.05, 0.1) is 0 Å². The normalized spacial score (nSPS) is 15.2.